The first-order chi connectivity index (χ1) is 10.7. The van der Waals surface area contributed by atoms with E-state index in [1.54, 1.807) is 0 Å². The van der Waals surface area contributed by atoms with E-state index in [0.717, 1.165) is 27.8 Å². The van der Waals surface area contributed by atoms with E-state index < -0.39 is 0 Å². The van der Waals surface area contributed by atoms with Gasteiger partial charge in [-0.15, -0.1) is 0 Å². The Morgan fingerprint density at radius 1 is 0.727 bits per heavy atom. The van der Waals surface area contributed by atoms with Crippen LogP contribution in [0.2, 0.25) is 0 Å². The number of benzene rings is 3. The molecule has 0 amide bonds. The predicted molar refractivity (Wildman–Crippen MR) is 92.1 cm³/mol. The van der Waals surface area contributed by atoms with Crippen molar-refractivity contribution in [2.45, 2.75) is 13.8 Å². The second-order valence-corrected chi connectivity index (χ2v) is 5.84. The molecule has 0 radical (unpaired) electrons. The van der Waals surface area contributed by atoms with Gasteiger partial charge in [0.15, 0.2) is 5.78 Å². The van der Waals surface area contributed by atoms with E-state index in [1.807, 2.05) is 36.4 Å². The summed E-state index contributed by atoms with van der Waals surface area (Å²) in [7, 11) is 0. The van der Waals surface area contributed by atoms with E-state index in [4.69, 9.17) is 0 Å². The normalized spacial score (nSPS) is 13.4. The summed E-state index contributed by atoms with van der Waals surface area (Å²) < 4.78 is 0. The maximum atomic E-state index is 12.9. The van der Waals surface area contributed by atoms with Gasteiger partial charge >= 0.3 is 0 Å². The van der Waals surface area contributed by atoms with Crippen LogP contribution in [0.25, 0.3) is 22.4 Å². The van der Waals surface area contributed by atoms with Crippen LogP contribution >= 0.6 is 0 Å². The van der Waals surface area contributed by atoms with Crippen molar-refractivity contribution in [3.63, 3.8) is 0 Å². The van der Waals surface area contributed by atoms with E-state index in [1.165, 1.54) is 16.3 Å². The highest BCUT2D eigenvalue weighted by Gasteiger charge is 2.28. The summed E-state index contributed by atoms with van der Waals surface area (Å²) in [6.45, 7) is 4.17. The monoisotopic (exact) mass is 284 g/mol. The highest BCUT2D eigenvalue weighted by Crippen LogP contribution is 2.39. The fraction of sp³-hybridized carbons (Fsp3) is 0.0952. The lowest BCUT2D eigenvalue weighted by Gasteiger charge is -2.12. The molecule has 3 aromatic carbocycles. The maximum absolute atomic E-state index is 12.9. The summed E-state index contributed by atoms with van der Waals surface area (Å²) in [6, 6.07) is 18.3. The third-order valence-electron chi connectivity index (χ3n) is 4.63. The lowest BCUT2D eigenvalue weighted by Crippen LogP contribution is -2.03. The molecule has 0 heterocycles. The molecule has 1 heteroatoms. The van der Waals surface area contributed by atoms with E-state index >= 15 is 0 Å². The molecule has 0 saturated heterocycles. The third-order valence-corrected chi connectivity index (χ3v) is 4.63. The van der Waals surface area contributed by atoms with Gasteiger partial charge in [-0.1, -0.05) is 54.6 Å². The Kier molecular flexibility index (Phi) is 2.77. The molecule has 0 aliphatic heterocycles. The van der Waals surface area contributed by atoms with Crippen molar-refractivity contribution in [2.24, 2.45) is 0 Å². The molecule has 1 aliphatic carbocycles. The second-order valence-electron chi connectivity index (χ2n) is 5.84. The van der Waals surface area contributed by atoms with Crippen LogP contribution in [-0.2, 0) is 0 Å². The largest absolute Gasteiger partial charge is 0.289 e. The van der Waals surface area contributed by atoms with E-state index in [9.17, 15) is 4.79 Å². The zero-order valence-corrected chi connectivity index (χ0v) is 12.7. The predicted octanol–water partition coefficient (Wildman–Crippen LogP) is 5.19. The van der Waals surface area contributed by atoms with Crippen LogP contribution in [0.4, 0.5) is 0 Å². The third kappa shape index (κ3) is 1.69. The number of hydrogen-bond acceptors (Lipinski definition) is 1. The van der Waals surface area contributed by atoms with Crippen LogP contribution in [0.15, 0.2) is 54.6 Å². The molecule has 106 valence electrons. The van der Waals surface area contributed by atoms with Crippen LogP contribution in [0, 0.1) is 13.8 Å². The van der Waals surface area contributed by atoms with Crippen molar-refractivity contribution in [3.8, 4) is 0 Å². The van der Waals surface area contributed by atoms with E-state index in [-0.39, 0.29) is 5.78 Å². The van der Waals surface area contributed by atoms with Gasteiger partial charge in [-0.3, -0.25) is 4.79 Å². The number of aryl methyl sites for hydroxylation is 2. The molecule has 0 atom stereocenters. The SMILES string of the molecule is Cc1c2c(c(C)c3ccccc13)C(=O)C(c1ccccc1)=C2. The fourth-order valence-electron chi connectivity index (χ4n) is 3.46. The van der Waals surface area contributed by atoms with Crippen molar-refractivity contribution < 1.29 is 4.79 Å². The Morgan fingerprint density at radius 2 is 1.32 bits per heavy atom. The summed E-state index contributed by atoms with van der Waals surface area (Å²) in [5.74, 6) is 0.146. The van der Waals surface area contributed by atoms with Gasteiger partial charge in [0.25, 0.3) is 0 Å². The molecule has 0 aromatic heterocycles. The second kappa shape index (κ2) is 4.67. The Morgan fingerprint density at radius 3 is 2.00 bits per heavy atom. The van der Waals surface area contributed by atoms with Gasteiger partial charge in [0.2, 0.25) is 0 Å². The van der Waals surface area contributed by atoms with Gasteiger partial charge in [-0.25, -0.2) is 0 Å². The summed E-state index contributed by atoms with van der Waals surface area (Å²) in [4.78, 5) is 12.9. The van der Waals surface area contributed by atoms with E-state index in [2.05, 4.69) is 38.1 Å². The van der Waals surface area contributed by atoms with Crippen LogP contribution in [0.1, 0.15) is 32.6 Å². The van der Waals surface area contributed by atoms with Gasteiger partial charge in [0, 0.05) is 11.1 Å². The van der Waals surface area contributed by atoms with Crippen molar-refractivity contribution >= 4 is 28.2 Å². The minimum absolute atomic E-state index is 0.146. The van der Waals surface area contributed by atoms with Gasteiger partial charge in [0.05, 0.1) is 0 Å². The van der Waals surface area contributed by atoms with Crippen molar-refractivity contribution in [1.82, 2.24) is 0 Å². The number of hydrogen-bond donors (Lipinski definition) is 0. The molecular formula is C21H16O. The molecule has 0 unspecified atom stereocenters. The quantitative estimate of drug-likeness (QED) is 0.600. The Hall–Kier alpha value is -2.67. The van der Waals surface area contributed by atoms with Gasteiger partial charge in [0.1, 0.15) is 0 Å². The number of rotatable bonds is 1. The molecule has 1 nitrogen and oxygen atoms in total. The molecule has 4 rings (SSSR count). The average molecular weight is 284 g/mol. The summed E-state index contributed by atoms with van der Waals surface area (Å²) >= 11 is 0. The standard InChI is InChI=1S/C21H16O/c1-13-16-10-6-7-11-17(16)14(2)20-18(13)12-19(21(20)22)15-8-4-3-5-9-15/h3-12H,1-2H3. The number of carbonyl (C=O) groups is 1. The Balaban J connectivity index is 2.03. The molecule has 3 aromatic rings. The molecule has 0 spiro atoms. The molecule has 0 N–H and O–H groups in total. The Labute approximate surface area is 129 Å². The molecule has 0 fully saturated rings. The van der Waals surface area contributed by atoms with Gasteiger partial charge < -0.3 is 0 Å². The topological polar surface area (TPSA) is 17.1 Å². The van der Waals surface area contributed by atoms with Crippen molar-refractivity contribution in [1.29, 1.82) is 0 Å². The lowest BCUT2D eigenvalue weighted by molar-refractivity contribution is 0.105. The summed E-state index contributed by atoms with van der Waals surface area (Å²) in [6.07, 6.45) is 2.06. The number of allylic oxidation sites excluding steroid dienone is 1. The molecule has 22 heavy (non-hydrogen) atoms. The highest BCUT2D eigenvalue weighted by atomic mass is 16.1. The lowest BCUT2D eigenvalue weighted by atomic mass is 9.91. The summed E-state index contributed by atoms with van der Waals surface area (Å²) in [5.41, 5.74) is 6.03. The van der Waals surface area contributed by atoms with Crippen LogP contribution < -0.4 is 0 Å². The van der Waals surface area contributed by atoms with Crippen LogP contribution in [0.3, 0.4) is 0 Å². The first kappa shape index (κ1) is 13.0. The van der Waals surface area contributed by atoms with Gasteiger partial charge in [-0.05, 0) is 52.9 Å². The fourth-order valence-corrected chi connectivity index (χ4v) is 3.46. The minimum atomic E-state index is 0.146. The maximum Gasteiger partial charge on any atom is 0.194 e. The van der Waals surface area contributed by atoms with Crippen molar-refractivity contribution in [3.05, 3.63) is 82.4 Å². The average Bonchev–Trinajstić information content (AvgIpc) is 2.91. The smallest absolute Gasteiger partial charge is 0.194 e. The number of Topliss-reactive ketones (excluding diaryl/α,β-unsaturated/α-hetero) is 1. The summed E-state index contributed by atoms with van der Waals surface area (Å²) in [5, 5.41) is 2.41. The highest BCUT2D eigenvalue weighted by molar-refractivity contribution is 6.38. The van der Waals surface area contributed by atoms with Crippen LogP contribution in [-0.4, -0.2) is 5.78 Å². The molecule has 0 bridgehead atoms. The molecule has 1 aliphatic rings. The molecule has 0 saturated carbocycles. The Bertz CT molecular complexity index is 947. The molecular weight excluding hydrogens is 268 g/mol. The number of fused-ring (bicyclic) bond motifs is 2. The number of carbonyl (C=O) groups excluding carboxylic acids is 1. The zero-order chi connectivity index (χ0) is 15.3. The first-order valence-corrected chi connectivity index (χ1v) is 7.52. The zero-order valence-electron chi connectivity index (χ0n) is 12.7. The van der Waals surface area contributed by atoms with E-state index in [0.29, 0.717) is 0 Å². The van der Waals surface area contributed by atoms with Gasteiger partial charge in [-0.2, -0.15) is 0 Å². The first-order valence-electron chi connectivity index (χ1n) is 7.52. The van der Waals surface area contributed by atoms with Crippen LogP contribution in [0.5, 0.6) is 0 Å². The van der Waals surface area contributed by atoms with Crippen molar-refractivity contribution in [2.75, 3.05) is 0 Å². The number of ketones is 1. The minimum Gasteiger partial charge on any atom is -0.289 e.